The number of allylic oxidation sites excluding steroid dienone is 1. The second-order valence-electron chi connectivity index (χ2n) is 7.11. The molecule has 0 N–H and O–H groups in total. The summed E-state index contributed by atoms with van der Waals surface area (Å²) in [6, 6.07) is 0. The summed E-state index contributed by atoms with van der Waals surface area (Å²) in [5, 5.41) is 0. The average molecular weight is 495 g/mol. The molecule has 0 saturated heterocycles. The summed E-state index contributed by atoms with van der Waals surface area (Å²) >= 11 is 0. The van der Waals surface area contributed by atoms with E-state index in [9.17, 15) is 19.2 Å². The Morgan fingerprint density at radius 3 is 1.31 bits per heavy atom. The molecule has 0 amide bonds. The van der Waals surface area contributed by atoms with Crippen molar-refractivity contribution < 1.29 is 42.9 Å². The number of carbonyl (C=O) groups is 4. The number of hydrogen-bond acceptors (Lipinski definition) is 9. The van der Waals surface area contributed by atoms with Crippen molar-refractivity contribution in [2.75, 3.05) is 33.0 Å². The summed E-state index contributed by atoms with van der Waals surface area (Å²) in [6.07, 6.45) is 1.14. The Morgan fingerprint density at radius 2 is 0.886 bits per heavy atom. The predicted molar refractivity (Wildman–Crippen MR) is 130 cm³/mol. The fraction of sp³-hybridized carbons (Fsp3) is 0.538. The molecule has 0 rings (SSSR count). The van der Waals surface area contributed by atoms with Gasteiger partial charge in [-0.25, -0.2) is 19.2 Å². The van der Waals surface area contributed by atoms with Crippen molar-refractivity contribution in [2.45, 2.75) is 62.3 Å². The van der Waals surface area contributed by atoms with Crippen LogP contribution in [0.5, 0.6) is 0 Å². The molecule has 0 atom stereocenters. The van der Waals surface area contributed by atoms with Gasteiger partial charge in [0.05, 0.1) is 44.2 Å². The van der Waals surface area contributed by atoms with Crippen LogP contribution in [-0.2, 0) is 42.9 Å². The second-order valence-corrected chi connectivity index (χ2v) is 7.11. The minimum atomic E-state index is -0.765. The Morgan fingerprint density at radius 1 is 0.514 bits per heavy atom. The van der Waals surface area contributed by atoms with Gasteiger partial charge in [0.25, 0.3) is 0 Å². The number of esters is 4. The van der Waals surface area contributed by atoms with Gasteiger partial charge in [0.2, 0.25) is 0 Å². The highest BCUT2D eigenvalue weighted by atomic mass is 16.5. The van der Waals surface area contributed by atoms with Crippen LogP contribution in [0.25, 0.3) is 0 Å². The van der Waals surface area contributed by atoms with E-state index >= 15 is 0 Å². The summed E-state index contributed by atoms with van der Waals surface area (Å²) in [4.78, 5) is 51.0. The molecule has 196 valence electrons. The highest BCUT2D eigenvalue weighted by Gasteiger charge is 2.29. The van der Waals surface area contributed by atoms with Crippen LogP contribution >= 0.6 is 0 Å². The number of hydrogen-bond donors (Lipinski definition) is 0. The van der Waals surface area contributed by atoms with Gasteiger partial charge in [0, 0.05) is 6.08 Å². The van der Waals surface area contributed by atoms with E-state index in [4.69, 9.17) is 23.7 Å². The van der Waals surface area contributed by atoms with Crippen molar-refractivity contribution in [3.8, 4) is 0 Å². The standard InChI is InChI=1S/C26H38O9/c1-10-31-19(9)23(26(30)35-14-5)18(8)22(25(29)34-13-4)17(7)21(24(28)33-12-3)16(6)15-20(27)32-11-2/h15H,10-14H2,1-9H3/b16-15+,21-17-,22-18+,23-19+. The van der Waals surface area contributed by atoms with Crippen LogP contribution in [0.3, 0.4) is 0 Å². The fourth-order valence-electron chi connectivity index (χ4n) is 3.34. The number of ether oxygens (including phenoxy) is 5. The highest BCUT2D eigenvalue weighted by Crippen LogP contribution is 2.30. The maximum atomic E-state index is 13.1. The summed E-state index contributed by atoms with van der Waals surface area (Å²) in [5.74, 6) is -2.62. The lowest BCUT2D eigenvalue weighted by molar-refractivity contribution is -0.139. The van der Waals surface area contributed by atoms with Crippen LogP contribution in [0, 0.1) is 0 Å². The highest BCUT2D eigenvalue weighted by molar-refractivity contribution is 6.05. The van der Waals surface area contributed by atoms with E-state index < -0.39 is 23.9 Å². The van der Waals surface area contributed by atoms with Crippen molar-refractivity contribution in [1.29, 1.82) is 0 Å². The smallest absolute Gasteiger partial charge is 0.341 e. The summed E-state index contributed by atoms with van der Waals surface area (Å²) in [6.45, 7) is 15.2. The van der Waals surface area contributed by atoms with Gasteiger partial charge in [-0.15, -0.1) is 0 Å². The van der Waals surface area contributed by atoms with Crippen molar-refractivity contribution in [1.82, 2.24) is 0 Å². The maximum absolute atomic E-state index is 13.1. The molecule has 0 aromatic carbocycles. The van der Waals surface area contributed by atoms with Crippen molar-refractivity contribution in [3.63, 3.8) is 0 Å². The predicted octanol–water partition coefficient (Wildman–Crippen LogP) is 4.13. The van der Waals surface area contributed by atoms with Crippen LogP contribution in [0.4, 0.5) is 0 Å². The molecular formula is C26H38O9. The number of rotatable bonds is 13. The Kier molecular flexibility index (Phi) is 14.7. The minimum absolute atomic E-state index is 0.0282. The zero-order chi connectivity index (χ0) is 27.1. The molecule has 0 aromatic rings. The molecule has 0 spiro atoms. The lowest BCUT2D eigenvalue weighted by Gasteiger charge is -2.19. The van der Waals surface area contributed by atoms with Crippen LogP contribution < -0.4 is 0 Å². The summed E-state index contributed by atoms with van der Waals surface area (Å²) in [7, 11) is 0. The van der Waals surface area contributed by atoms with Crippen LogP contribution in [0.2, 0.25) is 0 Å². The van der Waals surface area contributed by atoms with Crippen molar-refractivity contribution >= 4 is 23.9 Å². The van der Waals surface area contributed by atoms with Gasteiger partial charge >= 0.3 is 23.9 Å². The Balaban J connectivity index is 7.49. The van der Waals surface area contributed by atoms with E-state index in [1.165, 1.54) is 20.8 Å². The van der Waals surface area contributed by atoms with Gasteiger partial charge in [-0.1, -0.05) is 0 Å². The normalized spacial score (nSPS) is 13.6. The Hall–Kier alpha value is -3.36. The van der Waals surface area contributed by atoms with E-state index in [0.717, 1.165) is 6.08 Å². The van der Waals surface area contributed by atoms with Gasteiger partial charge in [0.1, 0.15) is 11.3 Å². The van der Waals surface area contributed by atoms with Crippen molar-refractivity contribution in [2.24, 2.45) is 0 Å². The first kappa shape index (κ1) is 31.6. The first-order valence-corrected chi connectivity index (χ1v) is 11.6. The quantitative estimate of drug-likeness (QED) is 0.123. The molecule has 0 aliphatic carbocycles. The van der Waals surface area contributed by atoms with Gasteiger partial charge in [-0.3, -0.25) is 0 Å². The molecule has 9 nitrogen and oxygen atoms in total. The third-order valence-electron chi connectivity index (χ3n) is 4.67. The molecular weight excluding hydrogens is 456 g/mol. The first-order chi connectivity index (χ1) is 16.5. The van der Waals surface area contributed by atoms with Crippen LogP contribution in [0.1, 0.15) is 62.3 Å². The molecule has 0 heterocycles. The Bertz CT molecular complexity index is 917. The van der Waals surface area contributed by atoms with E-state index in [-0.39, 0.29) is 72.2 Å². The van der Waals surface area contributed by atoms with Crippen LogP contribution in [-0.4, -0.2) is 56.9 Å². The monoisotopic (exact) mass is 494 g/mol. The lowest BCUT2D eigenvalue weighted by Crippen LogP contribution is -2.20. The largest absolute Gasteiger partial charge is 0.498 e. The van der Waals surface area contributed by atoms with Crippen molar-refractivity contribution in [3.05, 3.63) is 45.3 Å². The molecule has 0 aromatic heterocycles. The summed E-state index contributed by atoms with van der Waals surface area (Å²) < 4.78 is 26.1. The molecule has 9 heteroatoms. The molecule has 0 aliphatic rings. The number of carbonyl (C=O) groups excluding carboxylic acids is 4. The Labute approximate surface area is 207 Å². The topological polar surface area (TPSA) is 114 Å². The van der Waals surface area contributed by atoms with Gasteiger partial charge in [0.15, 0.2) is 0 Å². The van der Waals surface area contributed by atoms with E-state index in [0.29, 0.717) is 0 Å². The lowest BCUT2D eigenvalue weighted by atomic mass is 9.90. The van der Waals surface area contributed by atoms with Gasteiger partial charge in [-0.05, 0) is 79.0 Å². The SMILES string of the molecule is CCOC(=O)/C=C(C)/C(C(=O)OCC)=C(C)/C(C(=O)OCC)=C(C)\C(C(=O)OCC)=C(\C)OCC. The molecule has 0 unspecified atom stereocenters. The first-order valence-electron chi connectivity index (χ1n) is 11.6. The molecule has 0 bridgehead atoms. The fourth-order valence-corrected chi connectivity index (χ4v) is 3.34. The zero-order valence-electron chi connectivity index (χ0n) is 22.3. The van der Waals surface area contributed by atoms with E-state index in [1.54, 1.807) is 41.5 Å². The van der Waals surface area contributed by atoms with Crippen LogP contribution in [0.15, 0.2) is 45.3 Å². The van der Waals surface area contributed by atoms with Gasteiger partial charge < -0.3 is 23.7 Å². The van der Waals surface area contributed by atoms with Gasteiger partial charge in [-0.2, -0.15) is 0 Å². The molecule has 0 fully saturated rings. The molecule has 0 aliphatic heterocycles. The second kappa shape index (κ2) is 16.3. The zero-order valence-corrected chi connectivity index (χ0v) is 22.3. The third kappa shape index (κ3) is 9.42. The molecule has 0 radical (unpaired) electrons. The average Bonchev–Trinajstić information content (AvgIpc) is 2.75. The summed E-state index contributed by atoms with van der Waals surface area (Å²) in [5.41, 5.74) is 0.524. The third-order valence-corrected chi connectivity index (χ3v) is 4.67. The maximum Gasteiger partial charge on any atom is 0.341 e. The molecule has 35 heavy (non-hydrogen) atoms. The minimum Gasteiger partial charge on any atom is -0.498 e. The van der Waals surface area contributed by atoms with E-state index in [2.05, 4.69) is 0 Å². The van der Waals surface area contributed by atoms with E-state index in [1.807, 2.05) is 0 Å². The molecule has 0 saturated carbocycles.